The summed E-state index contributed by atoms with van der Waals surface area (Å²) in [6.45, 7) is 3.57. The Morgan fingerprint density at radius 3 is 2.87 bits per heavy atom. The Labute approximate surface area is 145 Å². The lowest BCUT2D eigenvalue weighted by Crippen LogP contribution is -2.42. The van der Waals surface area contributed by atoms with Gasteiger partial charge in [0.1, 0.15) is 4.90 Å². The highest BCUT2D eigenvalue weighted by Gasteiger charge is 2.43. The first-order valence-corrected chi connectivity index (χ1v) is 9.57. The van der Waals surface area contributed by atoms with Gasteiger partial charge in [0, 0.05) is 26.2 Å². The van der Waals surface area contributed by atoms with Crippen molar-refractivity contribution in [3.63, 3.8) is 0 Å². The number of hydrogen-bond acceptors (Lipinski definition) is 5. The maximum atomic E-state index is 12.3. The smallest absolute Gasteiger partial charge is 0.242 e. The Balaban J connectivity index is 2.48. The first kappa shape index (κ1) is 18.3. The van der Waals surface area contributed by atoms with Crippen LogP contribution in [-0.2, 0) is 15.7 Å². The Kier molecular flexibility index (Phi) is 5.42. The van der Waals surface area contributed by atoms with E-state index in [-0.39, 0.29) is 16.5 Å². The molecule has 9 heteroatoms. The van der Waals surface area contributed by atoms with E-state index in [2.05, 4.69) is 16.3 Å². The second-order valence-corrected chi connectivity index (χ2v) is 8.04. The first-order valence-electron chi connectivity index (χ1n) is 6.72. The van der Waals surface area contributed by atoms with Crippen molar-refractivity contribution in [3.05, 3.63) is 41.4 Å². The minimum absolute atomic E-state index is 0.0766. The van der Waals surface area contributed by atoms with Crippen LogP contribution >= 0.6 is 23.4 Å². The quantitative estimate of drug-likeness (QED) is 0.764. The molecule has 1 atom stereocenters. The van der Waals surface area contributed by atoms with E-state index in [0.29, 0.717) is 16.5 Å². The highest BCUT2D eigenvalue weighted by molar-refractivity contribution is 8.14. The average Bonchev–Trinajstić information content (AvgIpc) is 2.82. The lowest BCUT2D eigenvalue weighted by atomic mass is 10.0. The summed E-state index contributed by atoms with van der Waals surface area (Å²) < 4.78 is 27.0. The topological polar surface area (TPSA) is 82.0 Å². The molecule has 2 rings (SSSR count). The molecule has 0 spiro atoms. The zero-order valence-electron chi connectivity index (χ0n) is 12.8. The molecule has 0 aromatic heterocycles. The van der Waals surface area contributed by atoms with Gasteiger partial charge in [0.05, 0.1) is 10.8 Å². The lowest BCUT2D eigenvalue weighted by molar-refractivity contribution is -0.0349. The van der Waals surface area contributed by atoms with Crippen LogP contribution in [0.4, 0.5) is 0 Å². The monoisotopic (exact) mass is 375 g/mol. The van der Waals surface area contributed by atoms with Gasteiger partial charge in [-0.05, 0) is 12.1 Å². The summed E-state index contributed by atoms with van der Waals surface area (Å²) in [5.74, 6) is 0.345. The molecule has 126 valence electrons. The van der Waals surface area contributed by atoms with Gasteiger partial charge >= 0.3 is 0 Å². The van der Waals surface area contributed by atoms with E-state index in [1.807, 2.05) is 0 Å². The number of amidine groups is 1. The molecule has 1 aliphatic heterocycles. The summed E-state index contributed by atoms with van der Waals surface area (Å²) in [5, 5.41) is 11.7. The van der Waals surface area contributed by atoms with E-state index in [0.717, 1.165) is 0 Å². The highest BCUT2D eigenvalue weighted by Crippen LogP contribution is 2.39. The molecule has 0 saturated carbocycles. The van der Waals surface area contributed by atoms with Gasteiger partial charge in [-0.3, -0.25) is 4.99 Å². The number of aliphatic imine (C=N–C) groups is 1. The van der Waals surface area contributed by atoms with Crippen molar-refractivity contribution in [1.29, 1.82) is 0 Å². The van der Waals surface area contributed by atoms with E-state index >= 15 is 0 Å². The van der Waals surface area contributed by atoms with Gasteiger partial charge in [0.15, 0.2) is 10.9 Å². The van der Waals surface area contributed by atoms with Gasteiger partial charge in [0.25, 0.3) is 0 Å². The number of halogens is 1. The van der Waals surface area contributed by atoms with Crippen molar-refractivity contribution >= 4 is 38.6 Å². The molecule has 1 fully saturated rings. The summed E-state index contributed by atoms with van der Waals surface area (Å²) in [4.78, 5) is 5.64. The number of rotatable bonds is 5. The molecule has 0 radical (unpaired) electrons. The molecule has 1 aromatic rings. The SMILES string of the molecule is C=CCNS(=O)(=O)c1cc(C2(O)CS/C(=N\C)N2C)ccc1Cl. The van der Waals surface area contributed by atoms with Crippen LogP contribution in [0, 0.1) is 0 Å². The number of hydrogen-bond donors (Lipinski definition) is 2. The van der Waals surface area contributed by atoms with E-state index in [9.17, 15) is 13.5 Å². The number of benzene rings is 1. The third-order valence-corrected chi connectivity index (χ3v) is 6.70. The van der Waals surface area contributed by atoms with E-state index in [4.69, 9.17) is 11.6 Å². The normalized spacial score (nSPS) is 23.5. The Morgan fingerprint density at radius 2 is 2.30 bits per heavy atom. The molecule has 1 saturated heterocycles. The summed E-state index contributed by atoms with van der Waals surface area (Å²) in [6, 6.07) is 4.48. The van der Waals surface area contributed by atoms with Crippen molar-refractivity contribution in [1.82, 2.24) is 9.62 Å². The summed E-state index contributed by atoms with van der Waals surface area (Å²) in [6.07, 6.45) is 1.44. The predicted molar refractivity (Wildman–Crippen MR) is 94.3 cm³/mol. The molecule has 0 amide bonds. The van der Waals surface area contributed by atoms with E-state index in [1.54, 1.807) is 25.1 Å². The van der Waals surface area contributed by atoms with Crippen LogP contribution in [0.1, 0.15) is 5.56 Å². The zero-order valence-corrected chi connectivity index (χ0v) is 15.2. The zero-order chi connectivity index (χ0) is 17.3. The number of nitrogens with zero attached hydrogens (tertiary/aromatic N) is 2. The molecule has 1 heterocycles. The van der Waals surface area contributed by atoms with Crippen LogP contribution in [-0.4, -0.2) is 50.0 Å². The van der Waals surface area contributed by atoms with Crippen LogP contribution in [0.15, 0.2) is 40.7 Å². The van der Waals surface area contributed by atoms with Gasteiger partial charge in [-0.15, -0.1) is 6.58 Å². The van der Waals surface area contributed by atoms with Crippen LogP contribution in [0.5, 0.6) is 0 Å². The molecular weight excluding hydrogens is 358 g/mol. The fourth-order valence-electron chi connectivity index (χ4n) is 2.21. The van der Waals surface area contributed by atoms with Crippen LogP contribution < -0.4 is 4.72 Å². The van der Waals surface area contributed by atoms with Crippen molar-refractivity contribution in [2.24, 2.45) is 4.99 Å². The number of thioether (sulfide) groups is 1. The van der Waals surface area contributed by atoms with Gasteiger partial charge < -0.3 is 10.0 Å². The van der Waals surface area contributed by atoms with Crippen LogP contribution in [0.2, 0.25) is 5.02 Å². The molecular formula is C14H18ClN3O3S2. The van der Waals surface area contributed by atoms with Crippen molar-refractivity contribution < 1.29 is 13.5 Å². The molecule has 1 aliphatic rings. The molecule has 0 aliphatic carbocycles. The Bertz CT molecular complexity index is 752. The molecule has 1 aromatic carbocycles. The average molecular weight is 376 g/mol. The van der Waals surface area contributed by atoms with Crippen molar-refractivity contribution in [2.45, 2.75) is 10.6 Å². The fourth-order valence-corrected chi connectivity index (χ4v) is 4.90. The lowest BCUT2D eigenvalue weighted by Gasteiger charge is -2.31. The van der Waals surface area contributed by atoms with E-state index < -0.39 is 15.7 Å². The third kappa shape index (κ3) is 3.41. The minimum atomic E-state index is -3.79. The third-order valence-electron chi connectivity index (χ3n) is 3.54. The summed E-state index contributed by atoms with van der Waals surface area (Å²) in [7, 11) is -0.439. The standard InChI is InChI=1S/C14H18ClN3O3S2/c1-4-7-17-23(20,21)12-8-10(5-6-11(12)15)14(19)9-22-13(16-2)18(14)3/h4-6,8,17,19H,1,7,9H2,2-3H3/b16-13-. The first-order chi connectivity index (χ1) is 10.8. The van der Waals surface area contributed by atoms with Gasteiger partial charge in [-0.2, -0.15) is 0 Å². The number of nitrogens with one attached hydrogen (secondary N) is 1. The Morgan fingerprint density at radius 1 is 1.61 bits per heavy atom. The maximum absolute atomic E-state index is 12.3. The summed E-state index contributed by atoms with van der Waals surface area (Å²) in [5.41, 5.74) is -0.901. The molecule has 6 nitrogen and oxygen atoms in total. The fraction of sp³-hybridized carbons (Fsp3) is 0.357. The Hall–Kier alpha value is -1.06. The van der Waals surface area contributed by atoms with Crippen LogP contribution in [0.25, 0.3) is 0 Å². The number of aliphatic hydroxyl groups is 1. The van der Waals surface area contributed by atoms with Crippen molar-refractivity contribution in [3.8, 4) is 0 Å². The predicted octanol–water partition coefficient (Wildman–Crippen LogP) is 1.61. The summed E-state index contributed by atoms with van der Waals surface area (Å²) >= 11 is 7.43. The second kappa shape index (κ2) is 6.82. The maximum Gasteiger partial charge on any atom is 0.242 e. The molecule has 0 bridgehead atoms. The number of sulfonamides is 1. The van der Waals surface area contributed by atoms with Crippen molar-refractivity contribution in [2.75, 3.05) is 26.4 Å². The van der Waals surface area contributed by atoms with Gasteiger partial charge in [-0.1, -0.05) is 35.5 Å². The van der Waals surface area contributed by atoms with Crippen LogP contribution in [0.3, 0.4) is 0 Å². The minimum Gasteiger partial charge on any atom is -0.366 e. The van der Waals surface area contributed by atoms with Gasteiger partial charge in [-0.25, -0.2) is 13.1 Å². The molecule has 2 N–H and O–H groups in total. The van der Waals surface area contributed by atoms with E-state index in [1.165, 1.54) is 30.0 Å². The molecule has 23 heavy (non-hydrogen) atoms. The largest absolute Gasteiger partial charge is 0.366 e. The van der Waals surface area contributed by atoms with Gasteiger partial charge in [0.2, 0.25) is 10.0 Å². The highest BCUT2D eigenvalue weighted by atomic mass is 35.5. The molecule has 1 unspecified atom stereocenters. The second-order valence-electron chi connectivity index (χ2n) is 4.96.